The summed E-state index contributed by atoms with van der Waals surface area (Å²) in [5, 5.41) is 2.62. The second-order valence-electron chi connectivity index (χ2n) is 3.02. The molecule has 3 nitrogen and oxygen atoms in total. The second-order valence-corrected chi connectivity index (χ2v) is 3.29. The molecule has 0 aliphatic rings. The molecule has 0 saturated heterocycles. The molecule has 1 amide bonds. The highest BCUT2D eigenvalue weighted by Gasteiger charge is 1.96. The molecule has 0 saturated carbocycles. The molecule has 15 heavy (non-hydrogen) atoms. The van der Waals surface area contributed by atoms with E-state index in [1.165, 1.54) is 0 Å². The van der Waals surface area contributed by atoms with Gasteiger partial charge in [0.2, 0.25) is 5.91 Å². The Morgan fingerprint density at radius 2 is 2.07 bits per heavy atom. The molecule has 1 rings (SSSR count). The van der Waals surface area contributed by atoms with E-state index in [0.29, 0.717) is 19.8 Å². The van der Waals surface area contributed by atoms with Crippen LogP contribution in [0.25, 0.3) is 0 Å². The van der Waals surface area contributed by atoms with Crippen LogP contribution in [0, 0.1) is 0 Å². The lowest BCUT2D eigenvalue weighted by Crippen LogP contribution is -2.28. The fourth-order valence-corrected chi connectivity index (χ4v) is 1.17. The molecule has 0 aliphatic carbocycles. The Hall–Kier alpha value is -1.06. The van der Waals surface area contributed by atoms with Crippen molar-refractivity contribution in [1.29, 1.82) is 0 Å². The first kappa shape index (κ1) is 12.0. The third-order valence-corrected chi connectivity index (χ3v) is 2.04. The summed E-state index contributed by atoms with van der Waals surface area (Å²) in [6.45, 7) is 1.56. The highest BCUT2D eigenvalue weighted by atomic mass is 35.5. The fraction of sp³-hybridized carbons (Fsp3) is 0.364. The maximum atomic E-state index is 10.7. The molecule has 0 atom stereocenters. The summed E-state index contributed by atoms with van der Waals surface area (Å²) >= 11 is 5.31. The van der Waals surface area contributed by atoms with Crippen LogP contribution in [0.2, 0.25) is 0 Å². The molecule has 0 radical (unpaired) electrons. The van der Waals surface area contributed by atoms with Crippen LogP contribution in [0.1, 0.15) is 5.56 Å². The number of amides is 1. The first-order chi connectivity index (χ1) is 7.33. The largest absolute Gasteiger partial charge is 0.375 e. The van der Waals surface area contributed by atoms with Crippen molar-refractivity contribution in [3.8, 4) is 0 Å². The van der Waals surface area contributed by atoms with Crippen molar-refractivity contribution in [3.63, 3.8) is 0 Å². The monoisotopic (exact) mass is 227 g/mol. The molecule has 4 heteroatoms. The van der Waals surface area contributed by atoms with E-state index in [4.69, 9.17) is 16.3 Å². The summed E-state index contributed by atoms with van der Waals surface area (Å²) in [4.78, 5) is 10.7. The zero-order chi connectivity index (χ0) is 10.9. The highest BCUT2D eigenvalue weighted by molar-refractivity contribution is 6.27. The Balaban J connectivity index is 2.05. The van der Waals surface area contributed by atoms with Gasteiger partial charge in [-0.25, -0.2) is 0 Å². The first-order valence-corrected chi connectivity index (χ1v) is 5.30. The van der Waals surface area contributed by atoms with Gasteiger partial charge in [0.05, 0.1) is 13.2 Å². The van der Waals surface area contributed by atoms with Crippen molar-refractivity contribution in [3.05, 3.63) is 35.9 Å². The number of hydrogen-bond donors (Lipinski definition) is 1. The fourth-order valence-electron chi connectivity index (χ4n) is 1.07. The Labute approximate surface area is 94.4 Å². The van der Waals surface area contributed by atoms with Gasteiger partial charge in [0.1, 0.15) is 5.88 Å². The van der Waals surface area contributed by atoms with E-state index in [2.05, 4.69) is 5.32 Å². The Morgan fingerprint density at radius 1 is 1.33 bits per heavy atom. The summed E-state index contributed by atoms with van der Waals surface area (Å²) in [6.07, 6.45) is 0. The average Bonchev–Trinajstić information content (AvgIpc) is 2.29. The highest BCUT2D eigenvalue weighted by Crippen LogP contribution is 1.99. The molecule has 0 aromatic heterocycles. The summed E-state index contributed by atoms with van der Waals surface area (Å²) < 4.78 is 5.36. The maximum absolute atomic E-state index is 10.7. The minimum absolute atomic E-state index is 0.00130. The van der Waals surface area contributed by atoms with E-state index < -0.39 is 0 Å². The number of ether oxygens (including phenoxy) is 1. The maximum Gasteiger partial charge on any atom is 0.235 e. The minimum Gasteiger partial charge on any atom is -0.375 e. The van der Waals surface area contributed by atoms with Crippen LogP contribution in [0.4, 0.5) is 0 Å². The van der Waals surface area contributed by atoms with E-state index >= 15 is 0 Å². The number of halogens is 1. The number of carbonyl (C=O) groups excluding carboxylic acids is 1. The number of hydrogen-bond acceptors (Lipinski definition) is 2. The van der Waals surface area contributed by atoms with E-state index in [-0.39, 0.29) is 11.8 Å². The van der Waals surface area contributed by atoms with Crippen molar-refractivity contribution >= 4 is 17.5 Å². The average molecular weight is 228 g/mol. The number of nitrogens with one attached hydrogen (secondary N) is 1. The smallest absolute Gasteiger partial charge is 0.235 e. The van der Waals surface area contributed by atoms with Crippen molar-refractivity contribution in [2.75, 3.05) is 19.0 Å². The van der Waals surface area contributed by atoms with Gasteiger partial charge in [-0.3, -0.25) is 4.79 Å². The zero-order valence-electron chi connectivity index (χ0n) is 8.41. The topological polar surface area (TPSA) is 38.3 Å². The van der Waals surface area contributed by atoms with Gasteiger partial charge in [-0.15, -0.1) is 11.6 Å². The summed E-state index contributed by atoms with van der Waals surface area (Å²) in [6, 6.07) is 9.89. The van der Waals surface area contributed by atoms with Gasteiger partial charge in [0.25, 0.3) is 0 Å². The summed E-state index contributed by atoms with van der Waals surface area (Å²) in [5.41, 5.74) is 1.13. The molecule has 0 unspecified atom stereocenters. The lowest BCUT2D eigenvalue weighted by atomic mass is 10.2. The normalized spacial score (nSPS) is 9.93. The molecular weight excluding hydrogens is 214 g/mol. The summed E-state index contributed by atoms with van der Waals surface area (Å²) in [7, 11) is 0. The number of rotatable bonds is 6. The lowest BCUT2D eigenvalue weighted by Gasteiger charge is -2.05. The predicted octanol–water partition coefficient (Wildman–Crippen LogP) is 1.56. The van der Waals surface area contributed by atoms with E-state index in [1.54, 1.807) is 0 Å². The van der Waals surface area contributed by atoms with Crippen molar-refractivity contribution < 1.29 is 9.53 Å². The molecule has 1 aromatic rings. The van der Waals surface area contributed by atoms with Crippen LogP contribution >= 0.6 is 11.6 Å². The third-order valence-electron chi connectivity index (χ3n) is 1.80. The van der Waals surface area contributed by atoms with Crippen LogP contribution in [-0.4, -0.2) is 24.9 Å². The van der Waals surface area contributed by atoms with Crippen LogP contribution in [-0.2, 0) is 16.1 Å². The van der Waals surface area contributed by atoms with E-state index in [0.717, 1.165) is 5.56 Å². The van der Waals surface area contributed by atoms with Crippen LogP contribution in [0.15, 0.2) is 30.3 Å². The van der Waals surface area contributed by atoms with Crippen LogP contribution in [0.5, 0.6) is 0 Å². The Bertz CT molecular complexity index is 290. The van der Waals surface area contributed by atoms with E-state index in [1.807, 2.05) is 30.3 Å². The number of benzene rings is 1. The molecule has 1 N–H and O–H groups in total. The van der Waals surface area contributed by atoms with Gasteiger partial charge in [-0.1, -0.05) is 30.3 Å². The van der Waals surface area contributed by atoms with Crippen LogP contribution in [0.3, 0.4) is 0 Å². The Morgan fingerprint density at radius 3 is 2.73 bits per heavy atom. The summed E-state index contributed by atoms with van der Waals surface area (Å²) in [5.74, 6) is -0.168. The van der Waals surface area contributed by atoms with Crippen LogP contribution < -0.4 is 5.32 Å². The van der Waals surface area contributed by atoms with Gasteiger partial charge in [0.15, 0.2) is 0 Å². The third kappa shape index (κ3) is 5.40. The molecule has 0 aliphatic heterocycles. The first-order valence-electron chi connectivity index (χ1n) is 4.77. The van der Waals surface area contributed by atoms with Gasteiger partial charge >= 0.3 is 0 Å². The van der Waals surface area contributed by atoms with Gasteiger partial charge in [-0.2, -0.15) is 0 Å². The number of carbonyl (C=O) groups is 1. The standard InChI is InChI=1S/C11H14ClNO2/c12-8-11(14)13-6-7-15-9-10-4-2-1-3-5-10/h1-5H,6-9H2,(H,13,14). The molecule has 1 aromatic carbocycles. The Kier molecular flexibility index (Phi) is 5.81. The molecule has 0 fully saturated rings. The van der Waals surface area contributed by atoms with Crippen molar-refractivity contribution in [2.45, 2.75) is 6.61 Å². The molecule has 0 spiro atoms. The predicted molar refractivity (Wildman–Crippen MR) is 59.8 cm³/mol. The van der Waals surface area contributed by atoms with Gasteiger partial charge in [0, 0.05) is 6.54 Å². The molecule has 0 bridgehead atoms. The molecule has 82 valence electrons. The number of alkyl halides is 1. The molecule has 0 heterocycles. The van der Waals surface area contributed by atoms with Gasteiger partial charge in [-0.05, 0) is 5.56 Å². The van der Waals surface area contributed by atoms with Crippen molar-refractivity contribution in [2.24, 2.45) is 0 Å². The molecular formula is C11H14ClNO2. The quantitative estimate of drug-likeness (QED) is 0.592. The van der Waals surface area contributed by atoms with Crippen molar-refractivity contribution in [1.82, 2.24) is 5.32 Å². The minimum atomic E-state index is -0.167. The van der Waals surface area contributed by atoms with E-state index in [9.17, 15) is 4.79 Å². The van der Waals surface area contributed by atoms with Gasteiger partial charge < -0.3 is 10.1 Å². The zero-order valence-corrected chi connectivity index (χ0v) is 9.17. The lowest BCUT2D eigenvalue weighted by molar-refractivity contribution is -0.118. The SMILES string of the molecule is O=C(CCl)NCCOCc1ccccc1. The second kappa shape index (κ2) is 7.26.